The Morgan fingerprint density at radius 3 is 2.29 bits per heavy atom. The number of ether oxygens (including phenoxy) is 1. The van der Waals surface area contributed by atoms with E-state index < -0.39 is 80.5 Å². The molecule has 3 N–H and O–H groups in total. The maximum atomic E-state index is 13.5. The summed E-state index contributed by atoms with van der Waals surface area (Å²) in [5, 5.41) is 20.5. The van der Waals surface area contributed by atoms with E-state index in [4.69, 9.17) is 16.7 Å². The van der Waals surface area contributed by atoms with Crippen LogP contribution in [0.25, 0.3) is 0 Å². The predicted molar refractivity (Wildman–Crippen MR) is 156 cm³/mol. The molecule has 1 amide bonds. The standard InChI is InChI=1S/C20H18ClF3N4O5S2.C7H4F3NO2/c1-2-33-19(30)13-8-11(9-25)17(27-16(13)20(22,23)24)26-12-4-3-10(7-12)18(29)28-35(31,32)15-6-5-14(21)34-15;8-7(9,10)5-4(6(12)13)2-1-3-11-5/h5-6,8,10,12H,2-4,7H2,1H3,(H,26,27)(H,28,29);1-3H,(H,12,13). The van der Waals surface area contributed by atoms with Crippen LogP contribution in [0, 0.1) is 17.2 Å². The van der Waals surface area contributed by atoms with E-state index in [2.05, 4.69) is 20.0 Å². The van der Waals surface area contributed by atoms with Crippen molar-refractivity contribution in [1.82, 2.24) is 14.7 Å². The third-order valence-electron chi connectivity index (χ3n) is 6.41. The Labute approximate surface area is 276 Å². The number of hydrogen-bond acceptors (Lipinski definition) is 11. The number of anilines is 1. The van der Waals surface area contributed by atoms with Gasteiger partial charge < -0.3 is 15.2 Å². The van der Waals surface area contributed by atoms with Crippen LogP contribution in [0.2, 0.25) is 4.34 Å². The van der Waals surface area contributed by atoms with Crippen molar-refractivity contribution in [3.63, 3.8) is 0 Å². The average molecular weight is 742 g/mol. The van der Waals surface area contributed by atoms with Gasteiger partial charge in [0.1, 0.15) is 16.1 Å². The number of carboxylic acids is 1. The number of halogens is 7. The molecule has 3 aromatic rings. The monoisotopic (exact) mass is 741 g/mol. The molecule has 48 heavy (non-hydrogen) atoms. The summed E-state index contributed by atoms with van der Waals surface area (Å²) >= 11 is 6.52. The number of rotatable bonds is 8. The maximum absolute atomic E-state index is 13.5. The average Bonchev–Trinajstić information content (AvgIpc) is 3.66. The van der Waals surface area contributed by atoms with Crippen LogP contribution in [-0.2, 0) is 31.9 Å². The highest BCUT2D eigenvalue weighted by Crippen LogP contribution is 2.35. The van der Waals surface area contributed by atoms with Gasteiger partial charge >= 0.3 is 24.3 Å². The van der Waals surface area contributed by atoms with Crippen LogP contribution in [0.5, 0.6) is 0 Å². The number of carbonyl (C=O) groups excluding carboxylic acids is 2. The zero-order valence-corrected chi connectivity index (χ0v) is 26.5. The van der Waals surface area contributed by atoms with Gasteiger partial charge in [0.15, 0.2) is 11.4 Å². The lowest BCUT2D eigenvalue weighted by Gasteiger charge is -2.18. The van der Waals surface area contributed by atoms with Gasteiger partial charge in [-0.3, -0.25) is 9.78 Å². The molecule has 21 heteroatoms. The van der Waals surface area contributed by atoms with Gasteiger partial charge in [0, 0.05) is 18.2 Å². The second-order valence-corrected chi connectivity index (χ2v) is 13.3. The van der Waals surface area contributed by atoms with E-state index >= 15 is 0 Å². The molecule has 3 heterocycles. The lowest BCUT2D eigenvalue weighted by molar-refractivity contribution is -0.142. The predicted octanol–water partition coefficient (Wildman–Crippen LogP) is 5.75. The van der Waals surface area contributed by atoms with Gasteiger partial charge in [0.25, 0.3) is 10.0 Å². The molecule has 1 aliphatic rings. The summed E-state index contributed by atoms with van der Waals surface area (Å²) in [6, 6.07) is 6.52. The summed E-state index contributed by atoms with van der Waals surface area (Å²) in [4.78, 5) is 41.3. The Bertz CT molecular complexity index is 1840. The number of esters is 1. The van der Waals surface area contributed by atoms with Crippen LogP contribution in [0.1, 0.15) is 63.9 Å². The number of aromatic nitrogens is 2. The van der Waals surface area contributed by atoms with Crippen LogP contribution in [0.4, 0.5) is 32.2 Å². The summed E-state index contributed by atoms with van der Waals surface area (Å²) < 4.78 is 108. The topological polar surface area (TPSA) is 188 Å². The highest BCUT2D eigenvalue weighted by molar-refractivity contribution is 7.92. The number of amides is 1. The summed E-state index contributed by atoms with van der Waals surface area (Å²) in [5.41, 5.74) is -4.92. The first-order valence-corrected chi connectivity index (χ1v) is 16.0. The van der Waals surface area contributed by atoms with Crippen molar-refractivity contribution in [1.29, 1.82) is 5.26 Å². The van der Waals surface area contributed by atoms with Crippen molar-refractivity contribution in [3.05, 3.63) is 68.9 Å². The largest absolute Gasteiger partial charge is 0.478 e. The summed E-state index contributed by atoms with van der Waals surface area (Å²) in [5.74, 6) is -4.81. The first kappa shape index (κ1) is 38.0. The Morgan fingerprint density at radius 2 is 1.77 bits per heavy atom. The van der Waals surface area contributed by atoms with Crippen LogP contribution in [0.3, 0.4) is 0 Å². The SMILES string of the molecule is CCOC(=O)c1cc(C#N)c(NC2CCC(C(=O)NS(=O)(=O)c3ccc(Cl)s3)C2)nc1C(F)(F)F.O=C(O)c1cccnc1C(F)(F)F. The molecular formula is C27H22ClF6N5O7S2. The number of carboxylic acid groups (broad SMARTS) is 1. The highest BCUT2D eigenvalue weighted by Gasteiger charge is 2.40. The minimum Gasteiger partial charge on any atom is -0.478 e. The number of aromatic carboxylic acids is 1. The molecule has 0 aromatic carbocycles. The summed E-state index contributed by atoms with van der Waals surface area (Å²) in [6.45, 7) is 1.26. The quantitative estimate of drug-likeness (QED) is 0.188. The molecule has 0 saturated heterocycles. The van der Waals surface area contributed by atoms with Crippen molar-refractivity contribution in [3.8, 4) is 6.07 Å². The third kappa shape index (κ3) is 9.54. The van der Waals surface area contributed by atoms with Crippen molar-refractivity contribution in [2.75, 3.05) is 11.9 Å². The number of thiophene rings is 1. The zero-order valence-electron chi connectivity index (χ0n) is 24.1. The van der Waals surface area contributed by atoms with Gasteiger partial charge in [-0.1, -0.05) is 11.6 Å². The normalized spacial score (nSPS) is 16.2. The fraction of sp³-hybridized carbons (Fsp3) is 0.333. The van der Waals surface area contributed by atoms with Crippen molar-refractivity contribution >= 4 is 56.6 Å². The summed E-state index contributed by atoms with van der Waals surface area (Å²) in [6.07, 6.45) is -8.19. The molecule has 2 atom stereocenters. The Balaban J connectivity index is 0.000000402. The minimum atomic E-state index is -5.00. The lowest BCUT2D eigenvalue weighted by atomic mass is 10.1. The smallest absolute Gasteiger partial charge is 0.434 e. The maximum Gasteiger partial charge on any atom is 0.434 e. The molecule has 2 unspecified atom stereocenters. The number of hydrogen-bond donors (Lipinski definition) is 3. The van der Waals surface area contributed by atoms with Crippen LogP contribution in [0.15, 0.2) is 40.7 Å². The Kier molecular flexibility index (Phi) is 12.0. The van der Waals surface area contributed by atoms with Crippen molar-refractivity contribution < 1.29 is 59.0 Å². The molecule has 1 fully saturated rings. The van der Waals surface area contributed by atoms with E-state index in [0.717, 1.165) is 35.7 Å². The molecule has 0 spiro atoms. The van der Waals surface area contributed by atoms with Gasteiger partial charge in [0.05, 0.1) is 27.6 Å². The molecule has 0 bridgehead atoms. The first-order valence-electron chi connectivity index (χ1n) is 13.3. The van der Waals surface area contributed by atoms with Crippen molar-refractivity contribution in [2.45, 2.75) is 48.8 Å². The molecule has 0 radical (unpaired) electrons. The molecule has 1 aliphatic carbocycles. The Morgan fingerprint density at radius 1 is 1.10 bits per heavy atom. The highest BCUT2D eigenvalue weighted by atomic mass is 35.5. The zero-order chi connectivity index (χ0) is 36.0. The number of carbonyl (C=O) groups is 3. The van der Waals surface area contributed by atoms with E-state index in [1.807, 2.05) is 4.72 Å². The van der Waals surface area contributed by atoms with Gasteiger partial charge in [0.2, 0.25) is 5.91 Å². The van der Waals surface area contributed by atoms with Gasteiger partial charge in [-0.05, 0) is 56.5 Å². The van der Waals surface area contributed by atoms with Gasteiger partial charge in [-0.2, -0.15) is 31.6 Å². The fourth-order valence-corrected chi connectivity index (χ4v) is 6.87. The second kappa shape index (κ2) is 15.2. The lowest BCUT2D eigenvalue weighted by Crippen LogP contribution is -2.35. The van der Waals surface area contributed by atoms with Crippen LogP contribution < -0.4 is 10.0 Å². The number of pyridine rings is 2. The molecule has 3 aromatic heterocycles. The Hall–Kier alpha value is -4.48. The van der Waals surface area contributed by atoms with Crippen LogP contribution in [-0.4, -0.2) is 54.0 Å². The second-order valence-electron chi connectivity index (χ2n) is 9.69. The van der Waals surface area contributed by atoms with Crippen LogP contribution >= 0.6 is 22.9 Å². The van der Waals surface area contributed by atoms with E-state index in [0.29, 0.717) is 6.42 Å². The first-order chi connectivity index (χ1) is 22.3. The molecule has 1 saturated carbocycles. The van der Waals surface area contributed by atoms with E-state index in [-0.39, 0.29) is 33.6 Å². The number of nitrogens with zero attached hydrogens (tertiary/aromatic N) is 3. The van der Waals surface area contributed by atoms with E-state index in [1.165, 1.54) is 19.1 Å². The van der Waals surface area contributed by atoms with Crippen molar-refractivity contribution in [2.24, 2.45) is 5.92 Å². The van der Waals surface area contributed by atoms with E-state index in [1.54, 1.807) is 6.07 Å². The molecule has 258 valence electrons. The van der Waals surface area contributed by atoms with E-state index in [9.17, 15) is 54.4 Å². The van der Waals surface area contributed by atoms with Gasteiger partial charge in [-0.15, -0.1) is 11.3 Å². The number of sulfonamides is 1. The third-order valence-corrected chi connectivity index (χ3v) is 9.48. The number of nitrogens with one attached hydrogen (secondary N) is 2. The minimum absolute atomic E-state index is 0.0834. The fourth-order valence-electron chi connectivity index (χ4n) is 4.35. The van der Waals surface area contributed by atoms with Gasteiger partial charge in [-0.25, -0.2) is 27.7 Å². The molecule has 0 aliphatic heterocycles. The number of alkyl halides is 6. The summed E-state index contributed by atoms with van der Waals surface area (Å²) in [7, 11) is -4.11. The number of nitriles is 1. The molecular weight excluding hydrogens is 720 g/mol. The molecule has 4 rings (SSSR count). The molecule has 12 nitrogen and oxygen atoms in total.